The maximum Gasteiger partial charge on any atom is 0.243 e. The number of nitrogens with zero attached hydrogens (tertiary/aromatic N) is 2. The molecular weight excluding hydrogens is 274 g/mol. The molecule has 0 amide bonds. The number of hydrogen-bond acceptors (Lipinski definition) is 4. The molecule has 2 fully saturated rings. The first-order chi connectivity index (χ1) is 9.52. The first-order valence-corrected chi connectivity index (χ1v) is 8.25. The van der Waals surface area contributed by atoms with Gasteiger partial charge in [-0.05, 0) is 49.9 Å². The van der Waals surface area contributed by atoms with E-state index in [0.717, 1.165) is 12.8 Å². The second-order valence-corrected chi connectivity index (χ2v) is 7.43. The van der Waals surface area contributed by atoms with Crippen molar-refractivity contribution in [1.29, 1.82) is 5.26 Å². The summed E-state index contributed by atoms with van der Waals surface area (Å²) in [6, 6.07) is 8.56. The van der Waals surface area contributed by atoms with E-state index >= 15 is 0 Å². The molecule has 106 valence electrons. The van der Waals surface area contributed by atoms with Gasteiger partial charge in [-0.15, -0.1) is 0 Å². The number of anilines is 1. The number of hydrogen-bond donors (Lipinski definition) is 1. The van der Waals surface area contributed by atoms with Gasteiger partial charge in [-0.2, -0.15) is 9.57 Å². The molecule has 5 nitrogen and oxygen atoms in total. The number of nitrogen functional groups attached to an aromatic ring is 1. The molecule has 1 unspecified atom stereocenters. The van der Waals surface area contributed by atoms with Gasteiger partial charge in [-0.1, -0.05) is 0 Å². The maximum absolute atomic E-state index is 12.8. The molecule has 1 aromatic carbocycles. The van der Waals surface area contributed by atoms with Crippen molar-refractivity contribution < 1.29 is 8.42 Å². The summed E-state index contributed by atoms with van der Waals surface area (Å²) in [5, 5.41) is 9.06. The topological polar surface area (TPSA) is 87.2 Å². The van der Waals surface area contributed by atoms with Gasteiger partial charge in [0.25, 0.3) is 0 Å². The third kappa shape index (κ3) is 2.07. The van der Waals surface area contributed by atoms with Crippen molar-refractivity contribution in [2.45, 2.75) is 42.7 Å². The van der Waals surface area contributed by atoms with Gasteiger partial charge in [0.1, 0.15) is 0 Å². The molecule has 2 saturated heterocycles. The second-order valence-electron chi connectivity index (χ2n) is 5.59. The lowest BCUT2D eigenvalue weighted by Gasteiger charge is -2.35. The smallest absolute Gasteiger partial charge is 0.243 e. The molecule has 0 aromatic heterocycles. The highest BCUT2D eigenvalue weighted by Gasteiger charge is 2.47. The SMILES string of the molecule is N#CC1C[C@H]2CC[C@@H](C1)N2S(=O)(=O)c1ccc(N)cc1. The number of nitrogens with two attached hydrogens (primary N) is 1. The van der Waals surface area contributed by atoms with Crippen LogP contribution < -0.4 is 5.73 Å². The van der Waals surface area contributed by atoms with E-state index in [-0.39, 0.29) is 18.0 Å². The van der Waals surface area contributed by atoms with Gasteiger partial charge in [0, 0.05) is 23.7 Å². The van der Waals surface area contributed by atoms with Crippen molar-refractivity contribution in [2.24, 2.45) is 5.92 Å². The van der Waals surface area contributed by atoms with Crippen LogP contribution in [0.1, 0.15) is 25.7 Å². The third-order valence-electron chi connectivity index (χ3n) is 4.30. The summed E-state index contributed by atoms with van der Waals surface area (Å²) in [6.45, 7) is 0. The lowest BCUT2D eigenvalue weighted by Crippen LogP contribution is -2.46. The summed E-state index contributed by atoms with van der Waals surface area (Å²) < 4.78 is 27.1. The van der Waals surface area contributed by atoms with E-state index in [4.69, 9.17) is 11.0 Å². The van der Waals surface area contributed by atoms with Gasteiger partial charge in [0.05, 0.1) is 11.0 Å². The van der Waals surface area contributed by atoms with Crippen LogP contribution in [0.4, 0.5) is 5.69 Å². The van der Waals surface area contributed by atoms with E-state index in [1.165, 1.54) is 0 Å². The van der Waals surface area contributed by atoms with Crippen LogP contribution in [0.3, 0.4) is 0 Å². The van der Waals surface area contributed by atoms with Crippen LogP contribution in [-0.4, -0.2) is 24.8 Å². The van der Waals surface area contributed by atoms with Crippen LogP contribution >= 0.6 is 0 Å². The molecule has 1 aromatic rings. The molecule has 20 heavy (non-hydrogen) atoms. The summed E-state index contributed by atoms with van der Waals surface area (Å²) in [4.78, 5) is 0.291. The number of nitriles is 1. The Morgan fingerprint density at radius 2 is 1.70 bits per heavy atom. The molecule has 0 saturated carbocycles. The largest absolute Gasteiger partial charge is 0.399 e. The van der Waals surface area contributed by atoms with E-state index in [0.29, 0.717) is 23.4 Å². The highest BCUT2D eigenvalue weighted by molar-refractivity contribution is 7.89. The van der Waals surface area contributed by atoms with Gasteiger partial charge in [0.15, 0.2) is 0 Å². The van der Waals surface area contributed by atoms with Crippen molar-refractivity contribution >= 4 is 15.7 Å². The zero-order valence-corrected chi connectivity index (χ0v) is 11.9. The van der Waals surface area contributed by atoms with Gasteiger partial charge in [-0.25, -0.2) is 8.42 Å². The predicted octanol–water partition coefficient (Wildman–Crippen LogP) is 1.72. The Morgan fingerprint density at radius 3 is 2.20 bits per heavy atom. The van der Waals surface area contributed by atoms with Crippen LogP contribution in [-0.2, 0) is 10.0 Å². The summed E-state index contributed by atoms with van der Waals surface area (Å²) in [5.74, 6) is -0.00892. The monoisotopic (exact) mass is 291 g/mol. The van der Waals surface area contributed by atoms with Crippen molar-refractivity contribution in [3.05, 3.63) is 24.3 Å². The van der Waals surface area contributed by atoms with E-state index in [1.807, 2.05) is 0 Å². The molecule has 6 heteroatoms. The minimum Gasteiger partial charge on any atom is -0.399 e. The molecule has 2 aliphatic rings. The molecule has 2 heterocycles. The van der Waals surface area contributed by atoms with E-state index in [1.54, 1.807) is 28.6 Å². The molecule has 2 N–H and O–H groups in total. The van der Waals surface area contributed by atoms with Gasteiger partial charge >= 0.3 is 0 Å². The summed E-state index contributed by atoms with van der Waals surface area (Å²) in [6.07, 6.45) is 3.02. The fraction of sp³-hybridized carbons (Fsp3) is 0.500. The fourth-order valence-electron chi connectivity index (χ4n) is 3.39. The summed E-state index contributed by atoms with van der Waals surface area (Å²) in [5.41, 5.74) is 6.16. The second kappa shape index (κ2) is 4.76. The first kappa shape index (κ1) is 13.4. The van der Waals surface area contributed by atoms with Crippen LogP contribution in [0.2, 0.25) is 0 Å². The van der Waals surface area contributed by atoms with E-state index in [2.05, 4.69) is 6.07 Å². The van der Waals surface area contributed by atoms with Crippen molar-refractivity contribution in [3.8, 4) is 6.07 Å². The molecule has 3 rings (SSSR count). The average Bonchev–Trinajstić information content (AvgIpc) is 2.71. The molecule has 2 aliphatic heterocycles. The number of benzene rings is 1. The molecular formula is C14H17N3O2S. The third-order valence-corrected chi connectivity index (χ3v) is 6.32. The van der Waals surface area contributed by atoms with Crippen molar-refractivity contribution in [1.82, 2.24) is 4.31 Å². The summed E-state index contributed by atoms with van der Waals surface area (Å²) >= 11 is 0. The predicted molar refractivity (Wildman–Crippen MR) is 75.0 cm³/mol. The number of piperidine rings is 1. The van der Waals surface area contributed by atoms with Crippen LogP contribution in [0.15, 0.2) is 29.2 Å². The molecule has 3 atom stereocenters. The zero-order valence-electron chi connectivity index (χ0n) is 11.1. The number of fused-ring (bicyclic) bond motifs is 2. The Kier molecular flexibility index (Phi) is 3.19. The fourth-order valence-corrected chi connectivity index (χ4v) is 5.28. The Balaban J connectivity index is 1.93. The number of sulfonamides is 1. The number of rotatable bonds is 2. The molecule has 0 radical (unpaired) electrons. The van der Waals surface area contributed by atoms with Crippen LogP contribution in [0.25, 0.3) is 0 Å². The molecule has 0 aliphatic carbocycles. The average molecular weight is 291 g/mol. The molecule has 0 spiro atoms. The zero-order chi connectivity index (χ0) is 14.3. The highest BCUT2D eigenvalue weighted by atomic mass is 32.2. The van der Waals surface area contributed by atoms with Crippen molar-refractivity contribution in [2.75, 3.05) is 5.73 Å². The minimum atomic E-state index is -3.48. The van der Waals surface area contributed by atoms with Gasteiger partial charge in [0.2, 0.25) is 10.0 Å². The first-order valence-electron chi connectivity index (χ1n) is 6.81. The van der Waals surface area contributed by atoms with Crippen molar-refractivity contribution in [3.63, 3.8) is 0 Å². The van der Waals surface area contributed by atoms with Crippen LogP contribution in [0.5, 0.6) is 0 Å². The Hall–Kier alpha value is -1.58. The Morgan fingerprint density at radius 1 is 1.15 bits per heavy atom. The van der Waals surface area contributed by atoms with Gasteiger partial charge < -0.3 is 5.73 Å². The molecule has 2 bridgehead atoms. The Labute approximate surface area is 119 Å². The quantitative estimate of drug-likeness (QED) is 0.840. The maximum atomic E-state index is 12.8. The van der Waals surface area contributed by atoms with E-state index in [9.17, 15) is 8.42 Å². The highest BCUT2D eigenvalue weighted by Crippen LogP contribution is 2.41. The Bertz CT molecular complexity index is 634. The standard InChI is InChI=1S/C14H17N3O2S/c15-9-10-7-12-3-4-13(8-10)17(12)20(18,19)14-5-1-11(16)2-6-14/h1-2,5-6,10,12-13H,3-4,7-8,16H2/t10?,12-,13+. The van der Waals surface area contributed by atoms with Crippen LogP contribution in [0, 0.1) is 17.2 Å². The lowest BCUT2D eigenvalue weighted by molar-refractivity contribution is 0.217. The summed E-state index contributed by atoms with van der Waals surface area (Å²) in [7, 11) is -3.48. The van der Waals surface area contributed by atoms with Gasteiger partial charge in [-0.3, -0.25) is 0 Å². The minimum absolute atomic E-state index is 0.00892. The van der Waals surface area contributed by atoms with E-state index < -0.39 is 10.0 Å². The lowest BCUT2D eigenvalue weighted by atomic mass is 9.94. The normalized spacial score (nSPS) is 30.1.